The Bertz CT molecular complexity index is 1450. The van der Waals surface area contributed by atoms with E-state index in [-0.39, 0.29) is 4.90 Å². The summed E-state index contributed by atoms with van der Waals surface area (Å²) in [4.78, 5) is 11.4. The van der Waals surface area contributed by atoms with E-state index in [1.165, 1.54) is 11.9 Å². The number of anilines is 3. The highest BCUT2D eigenvalue weighted by Gasteiger charge is 2.14. The van der Waals surface area contributed by atoms with Crippen LogP contribution >= 0.6 is 0 Å². The van der Waals surface area contributed by atoms with E-state index in [4.69, 9.17) is 4.74 Å². The molecule has 8 nitrogen and oxygen atoms in total. The fraction of sp³-hybridized carbons (Fsp3) is 0.241. The lowest BCUT2D eigenvalue weighted by Gasteiger charge is -2.26. The molecule has 2 heterocycles. The third-order valence-corrected chi connectivity index (χ3v) is 7.88. The summed E-state index contributed by atoms with van der Waals surface area (Å²) in [5.41, 5.74) is 5.41. The minimum atomic E-state index is -3.65. The Balaban J connectivity index is 1.20. The zero-order valence-corrected chi connectivity index (χ0v) is 22.1. The Morgan fingerprint density at radius 2 is 1.55 bits per heavy atom. The third kappa shape index (κ3) is 6.74. The van der Waals surface area contributed by atoms with Crippen LogP contribution in [0.3, 0.4) is 0 Å². The summed E-state index contributed by atoms with van der Waals surface area (Å²) in [5, 5.41) is 3.27. The molecule has 0 spiro atoms. The number of aryl methyl sites for hydroxylation is 1. The molecule has 4 aromatic rings. The molecule has 0 saturated carbocycles. The third-order valence-electron chi connectivity index (χ3n) is 6.48. The van der Waals surface area contributed by atoms with Crippen LogP contribution in [0.15, 0.2) is 90.1 Å². The molecule has 0 aliphatic carbocycles. The first kappa shape index (κ1) is 25.8. The van der Waals surface area contributed by atoms with Crippen molar-refractivity contribution in [2.75, 3.05) is 42.9 Å². The van der Waals surface area contributed by atoms with E-state index in [2.05, 4.69) is 49.2 Å². The van der Waals surface area contributed by atoms with Crippen molar-refractivity contribution in [1.82, 2.24) is 14.9 Å². The van der Waals surface area contributed by atoms with Gasteiger partial charge >= 0.3 is 0 Å². The van der Waals surface area contributed by atoms with E-state index < -0.39 is 10.0 Å². The number of morpholine rings is 1. The monoisotopic (exact) mass is 529 g/mol. The minimum Gasteiger partial charge on any atom is -0.379 e. The smallest absolute Gasteiger partial charge is 0.261 e. The van der Waals surface area contributed by atoms with Gasteiger partial charge in [-0.1, -0.05) is 42.0 Å². The standard InChI is InChI=1S/C29H31N5O3S/c1-22-2-12-27(13-3-22)38(35,36)33-26-10-8-25(9-11-26)32-29-20-28(30-21-31-29)24-6-4-23(5-7-24)14-15-34-16-18-37-19-17-34/h2-13,20-21,33H,14-19H2,1H3,(H,30,31,32). The van der Waals surface area contributed by atoms with Crippen LogP contribution in [0.1, 0.15) is 11.1 Å². The zero-order valence-electron chi connectivity index (χ0n) is 21.3. The number of ether oxygens (including phenoxy) is 1. The van der Waals surface area contributed by atoms with Gasteiger partial charge in [0, 0.05) is 42.6 Å². The summed E-state index contributed by atoms with van der Waals surface area (Å²) in [6, 6.07) is 24.2. The number of nitrogens with one attached hydrogen (secondary N) is 2. The van der Waals surface area contributed by atoms with Gasteiger partial charge in [0.1, 0.15) is 12.1 Å². The lowest BCUT2D eigenvalue weighted by atomic mass is 10.1. The summed E-state index contributed by atoms with van der Waals surface area (Å²) < 4.78 is 33.3. The molecule has 0 radical (unpaired) electrons. The first-order valence-corrected chi connectivity index (χ1v) is 14.1. The average Bonchev–Trinajstić information content (AvgIpc) is 2.94. The molecule has 1 aliphatic heterocycles. The van der Waals surface area contributed by atoms with E-state index in [9.17, 15) is 8.42 Å². The highest BCUT2D eigenvalue weighted by atomic mass is 32.2. The van der Waals surface area contributed by atoms with Crippen molar-refractivity contribution in [3.63, 3.8) is 0 Å². The Morgan fingerprint density at radius 3 is 2.26 bits per heavy atom. The van der Waals surface area contributed by atoms with Crippen molar-refractivity contribution in [2.24, 2.45) is 0 Å². The second kappa shape index (κ2) is 11.7. The van der Waals surface area contributed by atoms with Crippen LogP contribution in [0.2, 0.25) is 0 Å². The van der Waals surface area contributed by atoms with E-state index in [1.54, 1.807) is 48.5 Å². The van der Waals surface area contributed by atoms with Crippen molar-refractivity contribution < 1.29 is 13.2 Å². The van der Waals surface area contributed by atoms with Gasteiger partial charge in [0.15, 0.2) is 0 Å². The van der Waals surface area contributed by atoms with Crippen LogP contribution in [-0.2, 0) is 21.2 Å². The van der Waals surface area contributed by atoms with Crippen molar-refractivity contribution in [1.29, 1.82) is 0 Å². The molecule has 3 aromatic carbocycles. The quantitative estimate of drug-likeness (QED) is 0.319. The summed E-state index contributed by atoms with van der Waals surface area (Å²) >= 11 is 0. The molecule has 0 amide bonds. The highest BCUT2D eigenvalue weighted by Crippen LogP contribution is 2.24. The van der Waals surface area contributed by atoms with E-state index in [0.717, 1.165) is 61.8 Å². The second-order valence-electron chi connectivity index (χ2n) is 9.31. The van der Waals surface area contributed by atoms with Gasteiger partial charge in [-0.25, -0.2) is 18.4 Å². The van der Waals surface area contributed by atoms with Crippen molar-refractivity contribution >= 4 is 27.2 Å². The van der Waals surface area contributed by atoms with Gasteiger partial charge in [0.05, 0.1) is 23.8 Å². The Morgan fingerprint density at radius 1 is 0.868 bits per heavy atom. The van der Waals surface area contributed by atoms with Gasteiger partial charge in [-0.2, -0.15) is 0 Å². The Hall–Kier alpha value is -3.79. The van der Waals surface area contributed by atoms with Crippen LogP contribution in [0.5, 0.6) is 0 Å². The molecule has 38 heavy (non-hydrogen) atoms. The molecule has 1 aliphatic rings. The lowest BCUT2D eigenvalue weighted by Crippen LogP contribution is -2.37. The molecule has 1 aromatic heterocycles. The highest BCUT2D eigenvalue weighted by molar-refractivity contribution is 7.92. The fourth-order valence-electron chi connectivity index (χ4n) is 4.24. The van der Waals surface area contributed by atoms with Gasteiger partial charge in [-0.3, -0.25) is 9.62 Å². The van der Waals surface area contributed by atoms with Gasteiger partial charge in [-0.15, -0.1) is 0 Å². The van der Waals surface area contributed by atoms with Gasteiger partial charge < -0.3 is 10.1 Å². The predicted octanol–water partition coefficient (Wildman–Crippen LogP) is 4.87. The van der Waals surface area contributed by atoms with Crippen LogP contribution in [0.25, 0.3) is 11.3 Å². The Kier molecular flexibility index (Phi) is 7.97. The van der Waals surface area contributed by atoms with Gasteiger partial charge in [0.2, 0.25) is 0 Å². The number of hydrogen-bond acceptors (Lipinski definition) is 7. The second-order valence-corrected chi connectivity index (χ2v) is 11.0. The molecule has 0 bridgehead atoms. The van der Waals surface area contributed by atoms with E-state index in [0.29, 0.717) is 11.5 Å². The van der Waals surface area contributed by atoms with Crippen LogP contribution in [0.4, 0.5) is 17.2 Å². The summed E-state index contributed by atoms with van der Waals surface area (Å²) in [5.74, 6) is 0.652. The molecule has 0 unspecified atom stereocenters. The summed E-state index contributed by atoms with van der Waals surface area (Å²) in [6.07, 6.45) is 2.54. The molecule has 1 fully saturated rings. The minimum absolute atomic E-state index is 0.226. The van der Waals surface area contributed by atoms with Crippen LogP contribution in [0, 0.1) is 6.92 Å². The van der Waals surface area contributed by atoms with Crippen LogP contribution < -0.4 is 10.0 Å². The molecular weight excluding hydrogens is 498 g/mol. The molecule has 0 atom stereocenters. The zero-order chi connectivity index (χ0) is 26.4. The molecule has 9 heteroatoms. The maximum atomic E-state index is 12.6. The number of sulfonamides is 1. The number of nitrogens with zero attached hydrogens (tertiary/aromatic N) is 3. The van der Waals surface area contributed by atoms with E-state index >= 15 is 0 Å². The fourth-order valence-corrected chi connectivity index (χ4v) is 5.30. The molecule has 1 saturated heterocycles. The summed E-state index contributed by atoms with van der Waals surface area (Å²) in [6.45, 7) is 6.60. The van der Waals surface area contributed by atoms with Crippen LogP contribution in [-0.4, -0.2) is 56.1 Å². The number of rotatable bonds is 9. The Labute approximate surface area is 223 Å². The van der Waals surface area contributed by atoms with Gasteiger partial charge in [0.25, 0.3) is 10.0 Å². The topological polar surface area (TPSA) is 96.5 Å². The van der Waals surface area contributed by atoms with Crippen molar-refractivity contribution in [2.45, 2.75) is 18.2 Å². The van der Waals surface area contributed by atoms with Crippen molar-refractivity contribution in [3.8, 4) is 11.3 Å². The normalized spacial score (nSPS) is 14.2. The molecule has 196 valence electrons. The summed E-state index contributed by atoms with van der Waals surface area (Å²) in [7, 11) is -3.65. The number of aromatic nitrogens is 2. The molecular formula is C29H31N5O3S. The lowest BCUT2D eigenvalue weighted by molar-refractivity contribution is 0.0384. The average molecular weight is 530 g/mol. The SMILES string of the molecule is Cc1ccc(S(=O)(=O)Nc2ccc(Nc3cc(-c4ccc(CCN5CCOCC5)cc4)ncn3)cc2)cc1. The maximum Gasteiger partial charge on any atom is 0.261 e. The van der Waals surface area contributed by atoms with Crippen molar-refractivity contribution in [3.05, 3.63) is 96.3 Å². The number of benzene rings is 3. The predicted molar refractivity (Wildman–Crippen MR) is 150 cm³/mol. The molecule has 2 N–H and O–H groups in total. The van der Waals surface area contributed by atoms with Gasteiger partial charge in [-0.05, 0) is 55.3 Å². The maximum absolute atomic E-state index is 12.6. The first-order chi connectivity index (χ1) is 18.4. The first-order valence-electron chi connectivity index (χ1n) is 12.6. The number of hydrogen-bond donors (Lipinski definition) is 2. The largest absolute Gasteiger partial charge is 0.379 e. The molecule has 5 rings (SSSR count). The van der Waals surface area contributed by atoms with E-state index in [1.807, 2.05) is 13.0 Å².